The van der Waals surface area contributed by atoms with Gasteiger partial charge in [-0.1, -0.05) is 50.1 Å². The Hall–Kier alpha value is -1.65. The van der Waals surface area contributed by atoms with E-state index in [1.54, 1.807) is 6.08 Å². The maximum atomic E-state index is 12.0. The summed E-state index contributed by atoms with van der Waals surface area (Å²) in [6.45, 7) is 6.39. The molecule has 1 N–H and O–H groups in total. The first-order valence-corrected chi connectivity index (χ1v) is 11.1. The molecule has 1 aliphatic carbocycles. The minimum atomic E-state index is -0.00948. The van der Waals surface area contributed by atoms with Crippen molar-refractivity contribution in [3.05, 3.63) is 42.0 Å². The van der Waals surface area contributed by atoms with Crippen LogP contribution < -0.4 is 5.32 Å². The van der Waals surface area contributed by atoms with Gasteiger partial charge in [0.05, 0.1) is 0 Å². The molecule has 154 valence electrons. The Morgan fingerprint density at radius 2 is 1.86 bits per heavy atom. The van der Waals surface area contributed by atoms with E-state index >= 15 is 0 Å². The molecule has 1 heterocycles. The molecular formula is C24H37N3O. The molecule has 0 radical (unpaired) electrons. The van der Waals surface area contributed by atoms with Gasteiger partial charge in [-0.2, -0.15) is 0 Å². The number of hydrogen-bond donors (Lipinski definition) is 1. The van der Waals surface area contributed by atoms with Gasteiger partial charge in [0.1, 0.15) is 0 Å². The standard InChI is InChI=1S/C24H37N3O/c1-20-8-6-7-11-23(20)26(2)22-14-17-27(18-15-22)19-16-25-24(28)13-12-21-9-4-3-5-10-21/h3-5,9-10,12-13,20,22-23H,6-8,11,14-19H2,1-2H3,(H,25,28). The van der Waals surface area contributed by atoms with E-state index in [4.69, 9.17) is 0 Å². The quantitative estimate of drug-likeness (QED) is 0.728. The molecule has 2 atom stereocenters. The first-order chi connectivity index (χ1) is 13.6. The van der Waals surface area contributed by atoms with E-state index in [0.717, 1.165) is 49.7 Å². The highest BCUT2D eigenvalue weighted by atomic mass is 16.1. The number of benzene rings is 1. The Kier molecular flexibility index (Phi) is 8.11. The SMILES string of the molecule is CC1CCCCC1N(C)C1CCN(CCNC(=O)C=Cc2ccccc2)CC1. The van der Waals surface area contributed by atoms with Crippen LogP contribution in [-0.2, 0) is 4.79 Å². The summed E-state index contributed by atoms with van der Waals surface area (Å²) in [4.78, 5) is 17.2. The van der Waals surface area contributed by atoms with Gasteiger partial charge in [0.25, 0.3) is 0 Å². The second-order valence-electron chi connectivity index (χ2n) is 8.60. The molecule has 0 spiro atoms. The molecule has 4 heteroatoms. The van der Waals surface area contributed by atoms with Gasteiger partial charge >= 0.3 is 0 Å². The minimum absolute atomic E-state index is 0.00948. The monoisotopic (exact) mass is 383 g/mol. The number of rotatable bonds is 7. The third-order valence-corrected chi connectivity index (χ3v) is 6.68. The Labute approximate surface area is 171 Å². The molecule has 2 aliphatic rings. The summed E-state index contributed by atoms with van der Waals surface area (Å²) in [7, 11) is 2.35. The van der Waals surface area contributed by atoms with Crippen molar-refractivity contribution < 1.29 is 4.79 Å². The van der Waals surface area contributed by atoms with Crippen LogP contribution in [0, 0.1) is 5.92 Å². The van der Waals surface area contributed by atoms with Crippen molar-refractivity contribution in [2.45, 2.75) is 57.5 Å². The van der Waals surface area contributed by atoms with E-state index in [2.05, 4.69) is 29.1 Å². The summed E-state index contributed by atoms with van der Waals surface area (Å²) in [5, 5.41) is 3.01. The highest BCUT2D eigenvalue weighted by Gasteiger charge is 2.31. The third kappa shape index (κ3) is 6.18. The average Bonchev–Trinajstić information content (AvgIpc) is 2.73. The molecule has 0 aromatic heterocycles. The van der Waals surface area contributed by atoms with Crippen LogP contribution >= 0.6 is 0 Å². The molecule has 2 fully saturated rings. The lowest BCUT2D eigenvalue weighted by atomic mass is 9.84. The zero-order valence-electron chi connectivity index (χ0n) is 17.6. The van der Waals surface area contributed by atoms with Gasteiger partial charge in [0.2, 0.25) is 5.91 Å². The molecule has 3 rings (SSSR count). The summed E-state index contributed by atoms with van der Waals surface area (Å²) in [6.07, 6.45) is 11.6. The molecule has 1 amide bonds. The lowest BCUT2D eigenvalue weighted by molar-refractivity contribution is -0.116. The maximum Gasteiger partial charge on any atom is 0.244 e. The summed E-state index contributed by atoms with van der Waals surface area (Å²) >= 11 is 0. The maximum absolute atomic E-state index is 12.0. The van der Waals surface area contributed by atoms with Gasteiger partial charge in [-0.15, -0.1) is 0 Å². The zero-order chi connectivity index (χ0) is 19.8. The van der Waals surface area contributed by atoms with Crippen molar-refractivity contribution in [3.8, 4) is 0 Å². The largest absolute Gasteiger partial charge is 0.351 e. The molecule has 1 aromatic carbocycles. The van der Waals surface area contributed by atoms with Crippen LogP contribution in [0.2, 0.25) is 0 Å². The molecule has 28 heavy (non-hydrogen) atoms. The van der Waals surface area contributed by atoms with E-state index < -0.39 is 0 Å². The Bertz CT molecular complexity index is 622. The van der Waals surface area contributed by atoms with Crippen LogP contribution in [0.1, 0.15) is 51.0 Å². The molecule has 1 aromatic rings. The fourth-order valence-electron chi connectivity index (χ4n) is 4.85. The molecule has 4 nitrogen and oxygen atoms in total. The predicted octanol–water partition coefficient (Wildman–Crippen LogP) is 3.79. The van der Waals surface area contributed by atoms with Gasteiger partial charge in [-0.05, 0) is 63.4 Å². The van der Waals surface area contributed by atoms with Crippen molar-refractivity contribution in [3.63, 3.8) is 0 Å². The number of carbonyl (C=O) groups excluding carboxylic acids is 1. The number of likely N-dealkylation sites (tertiary alicyclic amines) is 1. The average molecular weight is 384 g/mol. The Balaban J connectivity index is 1.33. The summed E-state index contributed by atoms with van der Waals surface area (Å²) < 4.78 is 0. The lowest BCUT2D eigenvalue weighted by Crippen LogP contribution is -2.50. The molecule has 2 unspecified atom stereocenters. The molecular weight excluding hydrogens is 346 g/mol. The van der Waals surface area contributed by atoms with E-state index in [1.807, 2.05) is 36.4 Å². The third-order valence-electron chi connectivity index (χ3n) is 6.68. The van der Waals surface area contributed by atoms with Gasteiger partial charge in [0.15, 0.2) is 0 Å². The fourth-order valence-corrected chi connectivity index (χ4v) is 4.85. The van der Waals surface area contributed by atoms with Crippen molar-refractivity contribution in [2.24, 2.45) is 5.92 Å². The summed E-state index contributed by atoms with van der Waals surface area (Å²) in [5.41, 5.74) is 1.05. The number of piperidine rings is 1. The number of hydrogen-bond acceptors (Lipinski definition) is 3. The van der Waals surface area contributed by atoms with Crippen LogP contribution in [0.5, 0.6) is 0 Å². The van der Waals surface area contributed by atoms with Crippen LogP contribution in [0.15, 0.2) is 36.4 Å². The van der Waals surface area contributed by atoms with Gasteiger partial charge in [0, 0.05) is 31.2 Å². The van der Waals surface area contributed by atoms with Crippen LogP contribution in [0.4, 0.5) is 0 Å². The normalized spacial score (nSPS) is 24.7. The van der Waals surface area contributed by atoms with Crippen molar-refractivity contribution in [1.29, 1.82) is 0 Å². The summed E-state index contributed by atoms with van der Waals surface area (Å²) in [6, 6.07) is 11.4. The smallest absolute Gasteiger partial charge is 0.244 e. The lowest BCUT2D eigenvalue weighted by Gasteiger charge is -2.44. The number of nitrogens with one attached hydrogen (secondary N) is 1. The fraction of sp³-hybridized carbons (Fsp3) is 0.625. The number of carbonyl (C=O) groups is 1. The van der Waals surface area contributed by atoms with Crippen molar-refractivity contribution in [1.82, 2.24) is 15.1 Å². The topological polar surface area (TPSA) is 35.6 Å². The van der Waals surface area contributed by atoms with Gasteiger partial charge < -0.3 is 15.1 Å². The van der Waals surface area contributed by atoms with Gasteiger partial charge in [-0.3, -0.25) is 4.79 Å². The van der Waals surface area contributed by atoms with Crippen LogP contribution in [0.25, 0.3) is 6.08 Å². The van der Waals surface area contributed by atoms with Crippen LogP contribution in [0.3, 0.4) is 0 Å². The Morgan fingerprint density at radius 1 is 1.14 bits per heavy atom. The second-order valence-corrected chi connectivity index (χ2v) is 8.60. The number of nitrogens with zero attached hydrogens (tertiary/aromatic N) is 2. The molecule has 0 bridgehead atoms. The Morgan fingerprint density at radius 3 is 2.57 bits per heavy atom. The molecule has 1 saturated carbocycles. The van der Waals surface area contributed by atoms with E-state index in [9.17, 15) is 4.79 Å². The first kappa shape index (κ1) is 21.1. The second kappa shape index (κ2) is 10.8. The van der Waals surface area contributed by atoms with E-state index in [1.165, 1.54) is 38.5 Å². The van der Waals surface area contributed by atoms with E-state index in [-0.39, 0.29) is 5.91 Å². The first-order valence-electron chi connectivity index (χ1n) is 11.1. The van der Waals surface area contributed by atoms with Crippen LogP contribution in [-0.4, -0.2) is 61.0 Å². The highest BCUT2D eigenvalue weighted by Crippen LogP contribution is 2.30. The predicted molar refractivity (Wildman–Crippen MR) is 117 cm³/mol. The van der Waals surface area contributed by atoms with Gasteiger partial charge in [-0.25, -0.2) is 0 Å². The summed E-state index contributed by atoms with van der Waals surface area (Å²) in [5.74, 6) is 0.834. The number of amides is 1. The van der Waals surface area contributed by atoms with Crippen molar-refractivity contribution >= 4 is 12.0 Å². The molecule has 1 aliphatic heterocycles. The van der Waals surface area contributed by atoms with E-state index in [0.29, 0.717) is 0 Å². The van der Waals surface area contributed by atoms with Crippen molar-refractivity contribution in [2.75, 3.05) is 33.2 Å². The zero-order valence-corrected chi connectivity index (χ0v) is 17.6. The molecule has 1 saturated heterocycles. The minimum Gasteiger partial charge on any atom is -0.351 e. The highest BCUT2D eigenvalue weighted by molar-refractivity contribution is 5.91.